The smallest absolute Gasteiger partial charge is 0.344 e. The lowest BCUT2D eigenvalue weighted by molar-refractivity contribution is 0.0739. The van der Waals surface area contributed by atoms with Crippen LogP contribution in [0.1, 0.15) is 20.7 Å². The van der Waals surface area contributed by atoms with Crippen LogP contribution in [0.5, 0.6) is 5.75 Å². The van der Waals surface area contributed by atoms with Crippen LogP contribution in [0.4, 0.5) is 5.69 Å². The molecule has 0 aliphatic rings. The Balaban J connectivity index is 0.000000195. The topological polar surface area (TPSA) is 72.8 Å². The van der Waals surface area contributed by atoms with Crippen molar-refractivity contribution in [3.05, 3.63) is 137 Å². The summed E-state index contributed by atoms with van der Waals surface area (Å²) in [6.45, 7) is 0. The Bertz CT molecular complexity index is 1760. The zero-order valence-corrected chi connectivity index (χ0v) is 19.7. The van der Waals surface area contributed by atoms with Gasteiger partial charge in [0.1, 0.15) is 11.4 Å². The summed E-state index contributed by atoms with van der Waals surface area (Å²) in [4.78, 5) is 34.3. The van der Waals surface area contributed by atoms with E-state index in [-0.39, 0.29) is 0 Å². The molecule has 0 saturated carbocycles. The van der Waals surface area contributed by atoms with E-state index in [1.165, 1.54) is 0 Å². The summed E-state index contributed by atoms with van der Waals surface area (Å²) < 4.78 is 5.64. The summed E-state index contributed by atoms with van der Waals surface area (Å²) in [5, 5.41) is 8.30. The molecular formula is C32H21NO4. The third-order valence-electron chi connectivity index (χ3n) is 6.12. The summed E-state index contributed by atoms with van der Waals surface area (Å²) in [5.74, 6) is -0.0327. The van der Waals surface area contributed by atoms with Crippen molar-refractivity contribution in [3.8, 4) is 5.75 Å². The minimum absolute atomic E-state index is 0.320. The molecular weight excluding hydrogens is 462 g/mol. The second kappa shape index (κ2) is 10.6. The average molecular weight is 484 g/mol. The highest BCUT2D eigenvalue weighted by atomic mass is 16.5. The van der Waals surface area contributed by atoms with E-state index >= 15 is 0 Å². The van der Waals surface area contributed by atoms with E-state index in [1.54, 1.807) is 30.3 Å². The first kappa shape index (κ1) is 23.6. The van der Waals surface area contributed by atoms with Crippen LogP contribution in [0, 0.1) is 4.91 Å². The Morgan fingerprint density at radius 1 is 0.595 bits per heavy atom. The quantitative estimate of drug-likeness (QED) is 0.109. The average Bonchev–Trinajstić information content (AvgIpc) is 2.97. The second-order valence-electron chi connectivity index (χ2n) is 8.32. The van der Waals surface area contributed by atoms with Gasteiger partial charge >= 0.3 is 5.97 Å². The lowest BCUT2D eigenvalue weighted by atomic mass is 10.0. The molecule has 0 atom stereocenters. The number of hydrogen-bond acceptors (Lipinski definition) is 5. The summed E-state index contributed by atoms with van der Waals surface area (Å²) in [6, 6.07) is 37.2. The van der Waals surface area contributed by atoms with E-state index in [4.69, 9.17) is 4.74 Å². The van der Waals surface area contributed by atoms with Crippen molar-refractivity contribution in [1.29, 1.82) is 0 Å². The molecule has 0 fully saturated rings. The number of ether oxygens (including phenoxy) is 1. The fourth-order valence-corrected chi connectivity index (χ4v) is 4.34. The van der Waals surface area contributed by atoms with Crippen molar-refractivity contribution in [2.24, 2.45) is 5.18 Å². The van der Waals surface area contributed by atoms with Crippen molar-refractivity contribution in [2.45, 2.75) is 0 Å². The number of benzene rings is 6. The third kappa shape index (κ3) is 4.83. The molecule has 0 amide bonds. The van der Waals surface area contributed by atoms with Crippen LogP contribution in [-0.2, 0) is 0 Å². The number of carbonyl (C=O) groups is 2. The van der Waals surface area contributed by atoms with E-state index in [0.717, 1.165) is 33.4 Å². The maximum Gasteiger partial charge on any atom is 0.344 e. The molecule has 0 aromatic heterocycles. The van der Waals surface area contributed by atoms with Crippen LogP contribution in [0.2, 0.25) is 0 Å². The largest absolute Gasteiger partial charge is 0.422 e. The fourth-order valence-electron chi connectivity index (χ4n) is 4.34. The normalized spacial score (nSPS) is 10.5. The first-order valence-electron chi connectivity index (χ1n) is 11.7. The number of hydrogen-bond donors (Lipinski definition) is 0. The highest BCUT2D eigenvalue weighted by molar-refractivity contribution is 6.06. The van der Waals surface area contributed by atoms with Gasteiger partial charge in [-0.1, -0.05) is 103 Å². The minimum atomic E-state index is -0.436. The Kier molecular flexibility index (Phi) is 6.77. The second-order valence-corrected chi connectivity index (χ2v) is 8.32. The molecule has 0 aliphatic carbocycles. The van der Waals surface area contributed by atoms with Gasteiger partial charge in [-0.15, -0.1) is 4.91 Å². The zero-order valence-electron chi connectivity index (χ0n) is 19.7. The molecule has 6 rings (SSSR count). The number of nitrogens with zero attached hydrogens (tertiary/aromatic N) is 1. The Morgan fingerprint density at radius 3 is 1.86 bits per heavy atom. The van der Waals surface area contributed by atoms with Crippen molar-refractivity contribution < 1.29 is 14.3 Å². The molecule has 0 radical (unpaired) electrons. The van der Waals surface area contributed by atoms with Gasteiger partial charge in [0.2, 0.25) is 0 Å². The molecule has 37 heavy (non-hydrogen) atoms. The molecule has 6 aromatic rings. The van der Waals surface area contributed by atoms with Gasteiger partial charge in [0.15, 0.2) is 6.29 Å². The van der Waals surface area contributed by atoms with Gasteiger partial charge in [0.05, 0.1) is 5.56 Å². The summed E-state index contributed by atoms with van der Waals surface area (Å²) in [5.41, 5.74) is 1.58. The van der Waals surface area contributed by atoms with Crippen molar-refractivity contribution in [2.75, 3.05) is 0 Å². The molecule has 0 aliphatic heterocycles. The summed E-state index contributed by atoms with van der Waals surface area (Å²) in [6.07, 6.45) is 0.891. The Labute approximate surface area is 212 Å². The van der Waals surface area contributed by atoms with Crippen LogP contribution in [-0.4, -0.2) is 12.3 Å². The molecule has 5 heteroatoms. The highest BCUT2D eigenvalue weighted by Crippen LogP contribution is 2.34. The van der Waals surface area contributed by atoms with Crippen molar-refractivity contribution in [1.82, 2.24) is 0 Å². The molecule has 6 aromatic carbocycles. The van der Waals surface area contributed by atoms with Crippen LogP contribution in [0.3, 0.4) is 0 Å². The van der Waals surface area contributed by atoms with Crippen LogP contribution < -0.4 is 4.74 Å². The van der Waals surface area contributed by atoms with Gasteiger partial charge in [-0.25, -0.2) is 4.79 Å². The molecule has 0 unspecified atom stereocenters. The van der Waals surface area contributed by atoms with E-state index in [1.807, 2.05) is 91.0 Å². The Hall–Kier alpha value is -5.16. The van der Waals surface area contributed by atoms with Gasteiger partial charge in [-0.3, -0.25) is 4.79 Å². The predicted molar refractivity (Wildman–Crippen MR) is 148 cm³/mol. The lowest BCUT2D eigenvalue weighted by Gasteiger charge is -2.10. The zero-order chi connectivity index (χ0) is 25.6. The minimum Gasteiger partial charge on any atom is -0.422 e. The summed E-state index contributed by atoms with van der Waals surface area (Å²) in [7, 11) is 0. The highest BCUT2D eigenvalue weighted by Gasteiger charge is 2.15. The predicted octanol–water partition coefficient (Wildman–Crippen LogP) is 8.26. The maximum atomic E-state index is 12.7. The van der Waals surface area contributed by atoms with Gasteiger partial charge in [-0.05, 0) is 44.9 Å². The number of fused-ring (bicyclic) bond motifs is 3. The number of aldehydes is 1. The van der Waals surface area contributed by atoms with Gasteiger partial charge in [-0.2, -0.15) is 0 Å². The van der Waals surface area contributed by atoms with Crippen LogP contribution in [0.25, 0.3) is 32.3 Å². The first-order valence-corrected chi connectivity index (χ1v) is 11.7. The summed E-state index contributed by atoms with van der Waals surface area (Å²) >= 11 is 0. The standard InChI is InChI=1S/C21H13NO3.C11H8O/c23-21(18-11-5-7-14-6-1-2-8-15(14)18)25-20-13-12-19(22-24)16-9-3-4-10-17(16)20;12-8-10-6-3-5-9-4-1-2-7-11(9)10/h1-13H;1-8H. The number of rotatable bonds is 4. The maximum absolute atomic E-state index is 12.7. The lowest BCUT2D eigenvalue weighted by Crippen LogP contribution is -2.09. The molecule has 178 valence electrons. The van der Waals surface area contributed by atoms with Gasteiger partial charge in [0.25, 0.3) is 0 Å². The molecule has 5 nitrogen and oxygen atoms in total. The van der Waals surface area contributed by atoms with E-state index in [9.17, 15) is 14.5 Å². The van der Waals surface area contributed by atoms with E-state index in [2.05, 4.69) is 5.18 Å². The van der Waals surface area contributed by atoms with Crippen molar-refractivity contribution >= 4 is 50.3 Å². The number of carbonyl (C=O) groups excluding carboxylic acids is 2. The molecule has 0 N–H and O–H groups in total. The molecule has 0 spiro atoms. The molecule has 0 heterocycles. The SMILES string of the molecule is O=Cc1cccc2ccccc12.O=Nc1ccc(OC(=O)c2cccc3ccccc23)c2ccccc12. The van der Waals surface area contributed by atoms with Gasteiger partial charge in [0, 0.05) is 16.3 Å². The third-order valence-corrected chi connectivity index (χ3v) is 6.12. The first-order chi connectivity index (χ1) is 18.2. The fraction of sp³-hybridized carbons (Fsp3) is 0. The molecule has 0 bridgehead atoms. The number of nitroso groups, excluding NO2 is 1. The van der Waals surface area contributed by atoms with E-state index in [0.29, 0.717) is 27.8 Å². The monoisotopic (exact) mass is 483 g/mol. The number of esters is 1. The van der Waals surface area contributed by atoms with E-state index < -0.39 is 5.97 Å². The van der Waals surface area contributed by atoms with Crippen LogP contribution >= 0.6 is 0 Å². The Morgan fingerprint density at radius 2 is 1.16 bits per heavy atom. The molecule has 0 saturated heterocycles. The van der Waals surface area contributed by atoms with Crippen molar-refractivity contribution in [3.63, 3.8) is 0 Å². The van der Waals surface area contributed by atoms with Gasteiger partial charge < -0.3 is 4.74 Å². The van der Waals surface area contributed by atoms with Crippen LogP contribution in [0.15, 0.2) is 127 Å².